The van der Waals surface area contributed by atoms with Gasteiger partial charge in [0.15, 0.2) is 0 Å². The molecule has 1 aliphatic carbocycles. The molecule has 0 atom stereocenters. The first-order valence-corrected chi connectivity index (χ1v) is 7.17. The highest BCUT2D eigenvalue weighted by Crippen LogP contribution is 2.37. The van der Waals surface area contributed by atoms with Crippen molar-refractivity contribution < 1.29 is 0 Å². The van der Waals surface area contributed by atoms with E-state index in [1.54, 1.807) is 0 Å². The highest BCUT2D eigenvalue weighted by Gasteiger charge is 2.19. The SMILES string of the molecule is Clc1cc(C2CCCC2)nc2c(Br)cccc12. The van der Waals surface area contributed by atoms with Gasteiger partial charge in [-0.3, -0.25) is 4.98 Å². The topological polar surface area (TPSA) is 12.9 Å². The maximum Gasteiger partial charge on any atom is 0.0862 e. The zero-order valence-electron chi connectivity index (χ0n) is 9.42. The fourth-order valence-electron chi connectivity index (χ4n) is 2.62. The summed E-state index contributed by atoms with van der Waals surface area (Å²) in [4.78, 5) is 4.79. The largest absolute Gasteiger partial charge is 0.251 e. The van der Waals surface area contributed by atoms with Crippen LogP contribution >= 0.6 is 27.5 Å². The molecule has 1 fully saturated rings. The lowest BCUT2D eigenvalue weighted by Gasteiger charge is -2.11. The molecule has 0 spiro atoms. The Bertz CT molecular complexity index is 561. The molecule has 0 N–H and O–H groups in total. The van der Waals surface area contributed by atoms with Crippen LogP contribution in [0, 0.1) is 0 Å². The number of halogens is 2. The van der Waals surface area contributed by atoms with E-state index in [1.165, 1.54) is 25.7 Å². The van der Waals surface area contributed by atoms with Crippen molar-refractivity contribution in [2.75, 3.05) is 0 Å². The molecule has 0 bridgehead atoms. The second-order valence-corrected chi connectivity index (χ2v) is 5.91. The number of benzene rings is 1. The van der Waals surface area contributed by atoms with Crippen LogP contribution in [-0.4, -0.2) is 4.98 Å². The Balaban J connectivity index is 2.18. The minimum atomic E-state index is 0.601. The van der Waals surface area contributed by atoms with Crippen LogP contribution in [0.2, 0.25) is 5.02 Å². The van der Waals surface area contributed by atoms with Gasteiger partial charge < -0.3 is 0 Å². The van der Waals surface area contributed by atoms with Crippen molar-refractivity contribution in [1.29, 1.82) is 0 Å². The summed E-state index contributed by atoms with van der Waals surface area (Å²) in [5.74, 6) is 0.601. The third-order valence-corrected chi connectivity index (χ3v) is 4.49. The predicted molar refractivity (Wildman–Crippen MR) is 75.7 cm³/mol. The molecule has 2 aromatic rings. The number of hydrogen-bond donors (Lipinski definition) is 0. The molecule has 3 rings (SSSR count). The lowest BCUT2D eigenvalue weighted by atomic mass is 10.0. The van der Waals surface area contributed by atoms with Gasteiger partial charge in [-0.1, -0.05) is 36.6 Å². The van der Waals surface area contributed by atoms with E-state index in [0.29, 0.717) is 5.92 Å². The molecule has 1 aliphatic rings. The first kappa shape index (κ1) is 11.5. The third-order valence-electron chi connectivity index (χ3n) is 3.53. The molecule has 1 saturated carbocycles. The second kappa shape index (κ2) is 4.58. The zero-order valence-corrected chi connectivity index (χ0v) is 11.8. The summed E-state index contributed by atoms with van der Waals surface area (Å²) in [6.07, 6.45) is 5.13. The Morgan fingerprint density at radius 1 is 1.24 bits per heavy atom. The smallest absolute Gasteiger partial charge is 0.0862 e. The summed E-state index contributed by atoms with van der Waals surface area (Å²) >= 11 is 9.90. The van der Waals surface area contributed by atoms with E-state index >= 15 is 0 Å². The lowest BCUT2D eigenvalue weighted by Crippen LogP contribution is -1.97. The van der Waals surface area contributed by atoms with Crippen LogP contribution < -0.4 is 0 Å². The van der Waals surface area contributed by atoms with Crippen LogP contribution in [0.1, 0.15) is 37.3 Å². The second-order valence-electron chi connectivity index (χ2n) is 4.65. The summed E-state index contributed by atoms with van der Waals surface area (Å²) in [7, 11) is 0. The van der Waals surface area contributed by atoms with E-state index in [9.17, 15) is 0 Å². The van der Waals surface area contributed by atoms with Crippen LogP contribution in [0.15, 0.2) is 28.7 Å². The number of aromatic nitrogens is 1. The molecule has 17 heavy (non-hydrogen) atoms. The van der Waals surface area contributed by atoms with Crippen LogP contribution in [0.3, 0.4) is 0 Å². The maximum absolute atomic E-state index is 6.35. The lowest BCUT2D eigenvalue weighted by molar-refractivity contribution is 0.701. The van der Waals surface area contributed by atoms with Gasteiger partial charge in [-0.15, -0.1) is 0 Å². The van der Waals surface area contributed by atoms with Crippen molar-refractivity contribution in [3.05, 3.63) is 39.5 Å². The number of hydrogen-bond acceptors (Lipinski definition) is 1. The zero-order chi connectivity index (χ0) is 11.8. The van der Waals surface area contributed by atoms with E-state index in [-0.39, 0.29) is 0 Å². The minimum Gasteiger partial charge on any atom is -0.251 e. The van der Waals surface area contributed by atoms with Gasteiger partial charge in [0.25, 0.3) is 0 Å². The molecule has 0 saturated heterocycles. The number of fused-ring (bicyclic) bond motifs is 1. The Morgan fingerprint density at radius 3 is 2.76 bits per heavy atom. The Labute approximate surface area is 114 Å². The van der Waals surface area contributed by atoms with Gasteiger partial charge in [-0.2, -0.15) is 0 Å². The molecule has 1 heterocycles. The molecule has 88 valence electrons. The van der Waals surface area contributed by atoms with Crippen LogP contribution in [-0.2, 0) is 0 Å². The normalized spacial score (nSPS) is 16.8. The summed E-state index contributed by atoms with van der Waals surface area (Å²) in [5.41, 5.74) is 2.15. The quantitative estimate of drug-likeness (QED) is 0.695. The van der Waals surface area contributed by atoms with E-state index in [1.807, 2.05) is 24.3 Å². The average molecular weight is 311 g/mol. The van der Waals surface area contributed by atoms with Crippen LogP contribution in [0.25, 0.3) is 10.9 Å². The van der Waals surface area contributed by atoms with E-state index < -0.39 is 0 Å². The number of nitrogens with zero attached hydrogens (tertiary/aromatic N) is 1. The van der Waals surface area contributed by atoms with Crippen molar-refractivity contribution >= 4 is 38.4 Å². The molecule has 0 radical (unpaired) electrons. The van der Waals surface area contributed by atoms with Gasteiger partial charge in [0.2, 0.25) is 0 Å². The highest BCUT2D eigenvalue weighted by atomic mass is 79.9. The summed E-state index contributed by atoms with van der Waals surface area (Å²) in [6, 6.07) is 8.08. The van der Waals surface area contributed by atoms with E-state index in [2.05, 4.69) is 15.9 Å². The minimum absolute atomic E-state index is 0.601. The van der Waals surface area contributed by atoms with E-state index in [0.717, 1.165) is 26.1 Å². The van der Waals surface area contributed by atoms with Crippen molar-refractivity contribution in [1.82, 2.24) is 4.98 Å². The third kappa shape index (κ3) is 2.09. The molecule has 1 aromatic carbocycles. The predicted octanol–water partition coefficient (Wildman–Crippen LogP) is 5.31. The summed E-state index contributed by atoms with van der Waals surface area (Å²) in [5, 5.41) is 1.85. The van der Waals surface area contributed by atoms with Gasteiger partial charge in [-0.25, -0.2) is 0 Å². The van der Waals surface area contributed by atoms with Gasteiger partial charge in [0.1, 0.15) is 0 Å². The molecule has 1 nitrogen and oxygen atoms in total. The molecule has 0 amide bonds. The molecule has 3 heteroatoms. The fraction of sp³-hybridized carbons (Fsp3) is 0.357. The monoisotopic (exact) mass is 309 g/mol. The Kier molecular flexibility index (Phi) is 3.10. The first-order valence-electron chi connectivity index (χ1n) is 6.00. The number of rotatable bonds is 1. The molecule has 0 aliphatic heterocycles. The van der Waals surface area contributed by atoms with Crippen molar-refractivity contribution in [3.8, 4) is 0 Å². The molecule has 0 unspecified atom stereocenters. The summed E-state index contributed by atoms with van der Waals surface area (Å²) in [6.45, 7) is 0. The van der Waals surface area contributed by atoms with Crippen LogP contribution in [0.4, 0.5) is 0 Å². The fourth-order valence-corrected chi connectivity index (χ4v) is 3.34. The van der Waals surface area contributed by atoms with Gasteiger partial charge >= 0.3 is 0 Å². The highest BCUT2D eigenvalue weighted by molar-refractivity contribution is 9.10. The standard InChI is InChI=1S/C14H13BrClN/c15-11-7-3-6-10-12(16)8-13(17-14(10)11)9-4-1-2-5-9/h3,6-9H,1-2,4-5H2. The van der Waals surface area contributed by atoms with Gasteiger partial charge in [0, 0.05) is 21.5 Å². The van der Waals surface area contributed by atoms with Crippen molar-refractivity contribution in [2.45, 2.75) is 31.6 Å². The molecular formula is C14H13BrClN. The van der Waals surface area contributed by atoms with Crippen LogP contribution in [0.5, 0.6) is 0 Å². The van der Waals surface area contributed by atoms with E-state index in [4.69, 9.17) is 16.6 Å². The maximum atomic E-state index is 6.35. The molecule has 1 aromatic heterocycles. The number of pyridine rings is 1. The Morgan fingerprint density at radius 2 is 2.00 bits per heavy atom. The first-order chi connectivity index (χ1) is 8.25. The average Bonchev–Trinajstić information content (AvgIpc) is 2.84. The number of para-hydroxylation sites is 1. The van der Waals surface area contributed by atoms with Crippen molar-refractivity contribution in [3.63, 3.8) is 0 Å². The van der Waals surface area contributed by atoms with Gasteiger partial charge in [-0.05, 0) is 40.9 Å². The summed E-state index contributed by atoms with van der Waals surface area (Å²) < 4.78 is 1.02. The molecular weight excluding hydrogens is 298 g/mol. The van der Waals surface area contributed by atoms with Gasteiger partial charge in [0.05, 0.1) is 10.5 Å². The Hall–Kier alpha value is -0.600. The van der Waals surface area contributed by atoms with Crippen molar-refractivity contribution in [2.24, 2.45) is 0 Å².